The van der Waals surface area contributed by atoms with Crippen molar-refractivity contribution in [2.24, 2.45) is 0 Å². The van der Waals surface area contributed by atoms with Crippen LogP contribution in [0.1, 0.15) is 0 Å². The van der Waals surface area contributed by atoms with Gasteiger partial charge in [0.25, 0.3) is 0 Å². The molecule has 0 fully saturated rings. The maximum atomic E-state index is 8.92. The standard InChI is InChI=1S/C19H22Cl2N4O2Si/c1-28(2,3)9-8-26-13-25-11-15(24-6-5-23-12-24)17-16(27-7-4-22)10-14(20)18(21)19(17)25/h5-6,10-12H,7-9,13H2,1-3H3. The Balaban J connectivity index is 2.06. The number of hydrogen-bond donors (Lipinski definition) is 0. The molecule has 0 saturated heterocycles. The lowest BCUT2D eigenvalue weighted by Crippen LogP contribution is -2.22. The highest BCUT2D eigenvalue weighted by Gasteiger charge is 2.21. The summed E-state index contributed by atoms with van der Waals surface area (Å²) in [6, 6.07) is 4.70. The van der Waals surface area contributed by atoms with Crippen molar-refractivity contribution < 1.29 is 9.47 Å². The minimum atomic E-state index is -1.18. The molecule has 6 nitrogen and oxygen atoms in total. The van der Waals surface area contributed by atoms with E-state index < -0.39 is 8.07 Å². The van der Waals surface area contributed by atoms with Crippen LogP contribution in [0.2, 0.25) is 35.7 Å². The van der Waals surface area contributed by atoms with Crippen LogP contribution in [0.5, 0.6) is 5.75 Å². The van der Waals surface area contributed by atoms with Gasteiger partial charge in [0.2, 0.25) is 0 Å². The molecule has 0 amide bonds. The Labute approximate surface area is 175 Å². The van der Waals surface area contributed by atoms with E-state index in [1.807, 2.05) is 27.6 Å². The van der Waals surface area contributed by atoms with E-state index in [4.69, 9.17) is 37.9 Å². The highest BCUT2D eigenvalue weighted by Crippen LogP contribution is 2.41. The maximum absolute atomic E-state index is 8.92. The number of rotatable bonds is 8. The molecule has 0 bridgehead atoms. The van der Waals surface area contributed by atoms with E-state index in [9.17, 15) is 0 Å². The number of nitrogens with zero attached hydrogens (tertiary/aromatic N) is 4. The van der Waals surface area contributed by atoms with Crippen molar-refractivity contribution in [3.63, 3.8) is 0 Å². The van der Waals surface area contributed by atoms with Crippen molar-refractivity contribution in [3.8, 4) is 17.5 Å². The highest BCUT2D eigenvalue weighted by molar-refractivity contribution is 6.76. The van der Waals surface area contributed by atoms with Gasteiger partial charge in [-0.25, -0.2) is 4.98 Å². The predicted molar refractivity (Wildman–Crippen MR) is 114 cm³/mol. The molecule has 148 valence electrons. The van der Waals surface area contributed by atoms with E-state index in [0.29, 0.717) is 34.6 Å². The molecule has 0 aliphatic heterocycles. The monoisotopic (exact) mass is 436 g/mol. The molecular formula is C19H22Cl2N4O2Si. The molecule has 0 atom stereocenters. The minimum Gasteiger partial charge on any atom is -0.478 e. The number of benzene rings is 1. The quantitative estimate of drug-likeness (QED) is 0.352. The summed E-state index contributed by atoms with van der Waals surface area (Å²) in [7, 11) is -1.18. The Morgan fingerprint density at radius 3 is 2.71 bits per heavy atom. The Morgan fingerprint density at radius 1 is 1.29 bits per heavy atom. The van der Waals surface area contributed by atoms with Gasteiger partial charge in [0.05, 0.1) is 33.0 Å². The molecule has 0 saturated carbocycles. The van der Waals surface area contributed by atoms with Crippen LogP contribution >= 0.6 is 23.2 Å². The second-order valence-electron chi connectivity index (χ2n) is 7.64. The van der Waals surface area contributed by atoms with E-state index in [-0.39, 0.29) is 6.61 Å². The summed E-state index contributed by atoms with van der Waals surface area (Å²) < 4.78 is 15.4. The van der Waals surface area contributed by atoms with E-state index in [1.54, 1.807) is 18.6 Å². The van der Waals surface area contributed by atoms with Crippen molar-refractivity contribution in [2.75, 3.05) is 13.2 Å². The van der Waals surface area contributed by atoms with Gasteiger partial charge in [0, 0.05) is 39.3 Å². The van der Waals surface area contributed by atoms with Crippen LogP contribution in [0.15, 0.2) is 31.0 Å². The van der Waals surface area contributed by atoms with E-state index in [2.05, 4.69) is 24.6 Å². The second-order valence-corrected chi connectivity index (χ2v) is 14.0. The fourth-order valence-corrected chi connectivity index (χ4v) is 4.05. The average Bonchev–Trinajstić information content (AvgIpc) is 3.27. The van der Waals surface area contributed by atoms with Gasteiger partial charge in [-0.3, -0.25) is 0 Å². The number of hydrogen-bond acceptors (Lipinski definition) is 4. The minimum absolute atomic E-state index is 0.0890. The first-order valence-corrected chi connectivity index (χ1v) is 13.3. The van der Waals surface area contributed by atoms with Gasteiger partial charge in [0.15, 0.2) is 6.61 Å². The predicted octanol–water partition coefficient (Wildman–Crippen LogP) is 5.35. The van der Waals surface area contributed by atoms with Crippen LogP contribution in [0.25, 0.3) is 16.6 Å². The molecular weight excluding hydrogens is 415 g/mol. The summed E-state index contributed by atoms with van der Waals surface area (Å²) in [5.74, 6) is 0.496. The molecule has 0 radical (unpaired) electrons. The molecule has 0 N–H and O–H groups in total. The summed E-state index contributed by atoms with van der Waals surface area (Å²) in [5.41, 5.74) is 1.53. The molecule has 0 aliphatic carbocycles. The fraction of sp³-hybridized carbons (Fsp3) is 0.368. The summed E-state index contributed by atoms with van der Waals surface area (Å²) >= 11 is 12.9. The van der Waals surface area contributed by atoms with Crippen LogP contribution in [0.3, 0.4) is 0 Å². The lowest BCUT2D eigenvalue weighted by atomic mass is 10.2. The zero-order chi connectivity index (χ0) is 20.3. The first-order chi connectivity index (χ1) is 13.3. The number of ether oxygens (including phenoxy) is 2. The first-order valence-electron chi connectivity index (χ1n) is 8.88. The van der Waals surface area contributed by atoms with Crippen molar-refractivity contribution in [1.29, 1.82) is 5.26 Å². The van der Waals surface area contributed by atoms with Crippen molar-refractivity contribution >= 4 is 42.2 Å². The van der Waals surface area contributed by atoms with Gasteiger partial charge in [-0.05, 0) is 6.04 Å². The number of halogens is 2. The molecule has 0 aliphatic rings. The number of aromatic nitrogens is 3. The molecule has 1 aromatic carbocycles. The Kier molecular flexibility index (Phi) is 6.35. The van der Waals surface area contributed by atoms with Gasteiger partial charge in [-0.15, -0.1) is 0 Å². The Morgan fingerprint density at radius 2 is 2.07 bits per heavy atom. The van der Waals surface area contributed by atoms with Crippen LogP contribution in [-0.4, -0.2) is 35.4 Å². The van der Waals surface area contributed by atoms with Crippen molar-refractivity contribution in [3.05, 3.63) is 41.0 Å². The van der Waals surface area contributed by atoms with Gasteiger partial charge in [-0.1, -0.05) is 42.8 Å². The third-order valence-corrected chi connectivity index (χ3v) is 6.76. The first kappa shape index (κ1) is 20.7. The molecule has 0 unspecified atom stereocenters. The zero-order valence-electron chi connectivity index (χ0n) is 16.1. The zero-order valence-corrected chi connectivity index (χ0v) is 18.6. The molecule has 9 heteroatoms. The number of nitriles is 1. The normalized spacial score (nSPS) is 11.7. The Hall–Kier alpha value is -1.98. The molecule has 3 aromatic rings. The topological polar surface area (TPSA) is 65.0 Å². The second kappa shape index (κ2) is 8.58. The smallest absolute Gasteiger partial charge is 0.174 e. The van der Waals surface area contributed by atoms with Crippen molar-refractivity contribution in [1.82, 2.24) is 14.1 Å². The van der Waals surface area contributed by atoms with E-state index in [0.717, 1.165) is 17.1 Å². The fourth-order valence-electron chi connectivity index (χ4n) is 2.85. The largest absolute Gasteiger partial charge is 0.478 e. The summed E-state index contributed by atoms with van der Waals surface area (Å²) in [4.78, 5) is 4.12. The number of imidazole rings is 1. The van der Waals surface area contributed by atoms with Crippen LogP contribution < -0.4 is 4.74 Å². The van der Waals surface area contributed by atoms with Gasteiger partial charge in [-0.2, -0.15) is 5.26 Å². The molecule has 2 heterocycles. The molecule has 2 aromatic heterocycles. The lowest BCUT2D eigenvalue weighted by molar-refractivity contribution is 0.0902. The molecule has 28 heavy (non-hydrogen) atoms. The number of fused-ring (bicyclic) bond motifs is 1. The Bertz CT molecular complexity index is 1000. The van der Waals surface area contributed by atoms with Crippen LogP contribution in [-0.2, 0) is 11.5 Å². The maximum Gasteiger partial charge on any atom is 0.174 e. The highest BCUT2D eigenvalue weighted by atomic mass is 35.5. The third kappa shape index (κ3) is 4.53. The van der Waals surface area contributed by atoms with Crippen LogP contribution in [0, 0.1) is 11.3 Å². The van der Waals surface area contributed by atoms with E-state index in [1.165, 1.54) is 0 Å². The van der Waals surface area contributed by atoms with E-state index >= 15 is 0 Å². The van der Waals surface area contributed by atoms with Crippen molar-refractivity contribution in [2.45, 2.75) is 32.4 Å². The molecule has 3 rings (SSSR count). The molecule has 0 spiro atoms. The van der Waals surface area contributed by atoms with Gasteiger partial charge < -0.3 is 18.6 Å². The lowest BCUT2D eigenvalue weighted by Gasteiger charge is -2.16. The third-order valence-electron chi connectivity index (χ3n) is 4.28. The SMILES string of the molecule is C[Si](C)(C)CCOCn1cc(-n2ccnc2)c2c(OCC#N)cc(Cl)c(Cl)c21. The van der Waals surface area contributed by atoms with Crippen LogP contribution in [0.4, 0.5) is 0 Å². The average molecular weight is 437 g/mol. The van der Waals surface area contributed by atoms with Gasteiger partial charge in [0.1, 0.15) is 18.5 Å². The summed E-state index contributed by atoms with van der Waals surface area (Å²) in [6.07, 6.45) is 7.16. The summed E-state index contributed by atoms with van der Waals surface area (Å²) in [6.45, 7) is 7.88. The summed E-state index contributed by atoms with van der Waals surface area (Å²) in [5, 5.41) is 10.5. The van der Waals surface area contributed by atoms with Gasteiger partial charge >= 0.3 is 0 Å².